The summed E-state index contributed by atoms with van der Waals surface area (Å²) in [5.41, 5.74) is 6.28. The quantitative estimate of drug-likeness (QED) is 0.385. The molecule has 7 heteroatoms. The number of nitrogens with two attached hydrogens (primary N) is 1. The van der Waals surface area contributed by atoms with E-state index < -0.39 is 34.2 Å². The molecule has 1 saturated carbocycles. The monoisotopic (exact) mass is 421 g/mol. The Labute approximate surface area is 174 Å². The summed E-state index contributed by atoms with van der Waals surface area (Å²) >= 11 is 0. The molecule has 1 unspecified atom stereocenters. The molecule has 160 valence electrons. The third kappa shape index (κ3) is 5.68. The number of aliphatic hydroxyl groups excluding tert-OH is 2. The number of hydrogen-bond donors (Lipinski definition) is 3. The second-order valence-electron chi connectivity index (χ2n) is 8.21. The van der Waals surface area contributed by atoms with Crippen molar-refractivity contribution < 1.29 is 24.0 Å². The summed E-state index contributed by atoms with van der Waals surface area (Å²) in [6.07, 6.45) is 5.80. The summed E-state index contributed by atoms with van der Waals surface area (Å²) in [5, 5.41) is 20.6. The van der Waals surface area contributed by atoms with E-state index in [1.54, 1.807) is 24.3 Å². The predicted octanol–water partition coefficient (Wildman–Crippen LogP) is 2.55. The van der Waals surface area contributed by atoms with Gasteiger partial charge in [0.05, 0.1) is 40.8 Å². The predicted molar refractivity (Wildman–Crippen MR) is 112 cm³/mol. The molecule has 0 bridgehead atoms. The molecule has 29 heavy (non-hydrogen) atoms. The second kappa shape index (κ2) is 9.87. The first-order valence-electron chi connectivity index (χ1n) is 10.3. The van der Waals surface area contributed by atoms with Crippen molar-refractivity contribution in [3.05, 3.63) is 36.4 Å². The van der Waals surface area contributed by atoms with Gasteiger partial charge in [0.15, 0.2) is 0 Å². The van der Waals surface area contributed by atoms with Crippen LogP contribution in [0.5, 0.6) is 0 Å². The lowest BCUT2D eigenvalue weighted by Crippen LogP contribution is -2.40. The zero-order valence-corrected chi connectivity index (χ0v) is 17.6. The number of anilines is 1. The van der Waals surface area contributed by atoms with Gasteiger partial charge in [-0.2, -0.15) is 0 Å². The summed E-state index contributed by atoms with van der Waals surface area (Å²) < 4.78 is 18.8. The molecule has 1 aromatic carbocycles. The normalized spacial score (nSPS) is 36.0. The molecule has 0 saturated heterocycles. The fourth-order valence-corrected chi connectivity index (χ4v) is 5.85. The molecule has 0 aromatic heterocycles. The lowest BCUT2D eigenvalue weighted by molar-refractivity contribution is -0.149. The van der Waals surface area contributed by atoms with Gasteiger partial charge in [-0.25, -0.2) is 0 Å². The average Bonchev–Trinajstić information content (AvgIpc) is 3.05. The molecule has 6 nitrogen and oxygen atoms in total. The molecular formula is C22H31NO5S. The molecule has 1 aliphatic carbocycles. The number of hydrogen-bond acceptors (Lipinski definition) is 6. The Morgan fingerprint density at radius 3 is 2.62 bits per heavy atom. The smallest absolute Gasteiger partial charge is 0.307 e. The zero-order valence-electron chi connectivity index (χ0n) is 16.8. The number of rotatable bonds is 2. The highest BCUT2D eigenvalue weighted by atomic mass is 32.2. The largest absolute Gasteiger partial charge is 0.463 e. The standard InChI is InChI=1S/C22H31NO5S/c1-14-5-3-2-4-6-15-11-17(24)12-19(15)22(26)20(13-21(25)28-14)29(27)18-9-7-16(23)8-10-18/h4,6-10,14-15,17,19-20,22,24,26H,2-3,5,11-13,23H2,1H3/b6-4+/t14-,15+,17-,19+,20+,22-,29?/m0/s1. The van der Waals surface area contributed by atoms with E-state index in [1.807, 2.05) is 6.92 Å². The SMILES string of the molecule is C[C@H]1CCC/C=C/[C@@H]2C[C@H](O)C[C@H]2[C@H](O)[C@H](S(=O)c2ccc(N)cc2)CC(=O)O1. The van der Waals surface area contributed by atoms with Gasteiger partial charge in [-0.1, -0.05) is 12.2 Å². The number of nitrogen functional groups attached to an aromatic ring is 1. The molecule has 1 fully saturated rings. The number of allylic oxidation sites excluding steroid dienone is 2. The first-order chi connectivity index (χ1) is 13.8. The minimum Gasteiger partial charge on any atom is -0.463 e. The number of carbonyl (C=O) groups is 1. The first-order valence-corrected chi connectivity index (χ1v) is 11.5. The van der Waals surface area contributed by atoms with Crippen LogP contribution in [0.3, 0.4) is 0 Å². The van der Waals surface area contributed by atoms with Gasteiger partial charge in [-0.15, -0.1) is 0 Å². The number of fused-ring (bicyclic) bond motifs is 1. The van der Waals surface area contributed by atoms with Gasteiger partial charge in [-0.05, 0) is 75.1 Å². The number of esters is 1. The Morgan fingerprint density at radius 1 is 1.17 bits per heavy atom. The molecule has 1 aliphatic heterocycles. The van der Waals surface area contributed by atoms with E-state index in [4.69, 9.17) is 10.5 Å². The maximum Gasteiger partial charge on any atom is 0.307 e. The van der Waals surface area contributed by atoms with Crippen molar-refractivity contribution in [1.29, 1.82) is 0 Å². The van der Waals surface area contributed by atoms with Crippen molar-refractivity contribution in [2.24, 2.45) is 11.8 Å². The lowest BCUT2D eigenvalue weighted by Gasteiger charge is -2.29. The fraction of sp³-hybridized carbons (Fsp3) is 0.591. The number of cyclic esters (lactones) is 1. The lowest BCUT2D eigenvalue weighted by atomic mass is 9.87. The highest BCUT2D eigenvalue weighted by Crippen LogP contribution is 2.39. The van der Waals surface area contributed by atoms with E-state index in [1.165, 1.54) is 0 Å². The van der Waals surface area contributed by atoms with Crippen LogP contribution in [0, 0.1) is 11.8 Å². The second-order valence-corrected chi connectivity index (χ2v) is 9.88. The molecule has 1 heterocycles. The first kappa shape index (κ1) is 22.0. The van der Waals surface area contributed by atoms with Crippen LogP contribution in [-0.2, 0) is 20.3 Å². The van der Waals surface area contributed by atoms with E-state index in [0.29, 0.717) is 23.4 Å². The summed E-state index contributed by atoms with van der Waals surface area (Å²) in [5.74, 6) is -0.706. The van der Waals surface area contributed by atoms with Crippen LogP contribution in [0.1, 0.15) is 45.4 Å². The van der Waals surface area contributed by atoms with Gasteiger partial charge in [0.25, 0.3) is 0 Å². The number of benzene rings is 1. The molecule has 4 N–H and O–H groups in total. The number of aliphatic hydroxyl groups is 2. The molecule has 3 rings (SSSR count). The van der Waals surface area contributed by atoms with Crippen LogP contribution in [0.15, 0.2) is 41.3 Å². The van der Waals surface area contributed by atoms with E-state index in [-0.39, 0.29) is 24.4 Å². The van der Waals surface area contributed by atoms with Gasteiger partial charge in [0.1, 0.15) is 0 Å². The Hall–Kier alpha value is -1.70. The molecular weight excluding hydrogens is 390 g/mol. The molecule has 7 atom stereocenters. The summed E-state index contributed by atoms with van der Waals surface area (Å²) in [7, 11) is -1.62. The third-order valence-electron chi connectivity index (χ3n) is 5.91. The van der Waals surface area contributed by atoms with Crippen molar-refractivity contribution in [3.63, 3.8) is 0 Å². The summed E-state index contributed by atoms with van der Waals surface area (Å²) in [6.45, 7) is 1.86. The van der Waals surface area contributed by atoms with E-state index in [0.717, 1.165) is 19.3 Å². The Balaban J connectivity index is 1.91. The topological polar surface area (TPSA) is 110 Å². The van der Waals surface area contributed by atoms with Crippen molar-refractivity contribution in [2.45, 2.75) is 73.9 Å². The van der Waals surface area contributed by atoms with Crippen molar-refractivity contribution in [2.75, 3.05) is 5.73 Å². The van der Waals surface area contributed by atoms with Gasteiger partial charge in [-0.3, -0.25) is 9.00 Å². The van der Waals surface area contributed by atoms with E-state index >= 15 is 0 Å². The molecule has 0 amide bonds. The Kier molecular flexibility index (Phi) is 7.49. The van der Waals surface area contributed by atoms with Gasteiger partial charge < -0.3 is 20.7 Å². The number of ether oxygens (including phenoxy) is 1. The fourth-order valence-electron chi connectivity index (χ4n) is 4.35. The van der Waals surface area contributed by atoms with Crippen LogP contribution >= 0.6 is 0 Å². The maximum atomic E-state index is 13.3. The van der Waals surface area contributed by atoms with Crippen molar-refractivity contribution in [3.8, 4) is 0 Å². The molecule has 2 aliphatic rings. The van der Waals surface area contributed by atoms with Gasteiger partial charge >= 0.3 is 5.97 Å². The summed E-state index contributed by atoms with van der Waals surface area (Å²) in [6, 6.07) is 6.64. The van der Waals surface area contributed by atoms with Gasteiger partial charge in [0.2, 0.25) is 0 Å². The molecule has 0 spiro atoms. The van der Waals surface area contributed by atoms with E-state index in [9.17, 15) is 19.2 Å². The minimum absolute atomic E-state index is 0.000106. The Morgan fingerprint density at radius 2 is 1.90 bits per heavy atom. The molecule has 1 aromatic rings. The van der Waals surface area contributed by atoms with E-state index in [2.05, 4.69) is 12.2 Å². The van der Waals surface area contributed by atoms with Crippen LogP contribution in [0.25, 0.3) is 0 Å². The highest BCUT2D eigenvalue weighted by Gasteiger charge is 2.42. The Bertz CT molecular complexity index is 750. The minimum atomic E-state index is -1.62. The van der Waals surface area contributed by atoms with Crippen LogP contribution < -0.4 is 5.73 Å². The maximum absolute atomic E-state index is 13.3. The van der Waals surface area contributed by atoms with Gasteiger partial charge in [0, 0.05) is 10.6 Å². The number of carbonyl (C=O) groups excluding carboxylic acids is 1. The van der Waals surface area contributed by atoms with Crippen LogP contribution in [0.4, 0.5) is 5.69 Å². The molecule has 0 radical (unpaired) electrons. The van der Waals surface area contributed by atoms with Crippen molar-refractivity contribution in [1.82, 2.24) is 0 Å². The highest BCUT2D eigenvalue weighted by molar-refractivity contribution is 7.85. The third-order valence-corrected chi connectivity index (χ3v) is 7.64. The summed E-state index contributed by atoms with van der Waals surface area (Å²) in [4.78, 5) is 13.1. The van der Waals surface area contributed by atoms with Crippen LogP contribution in [0.2, 0.25) is 0 Å². The van der Waals surface area contributed by atoms with Crippen molar-refractivity contribution >= 4 is 22.5 Å². The average molecular weight is 422 g/mol. The zero-order chi connectivity index (χ0) is 21.0. The van der Waals surface area contributed by atoms with Crippen LogP contribution in [-0.4, -0.2) is 44.0 Å².